The van der Waals surface area contributed by atoms with Crippen molar-refractivity contribution in [1.29, 1.82) is 5.26 Å². The van der Waals surface area contributed by atoms with Gasteiger partial charge >= 0.3 is 7.12 Å². The molecule has 0 bridgehead atoms. The standard InChI is InChI=1S/C13H9BClNO3/c1-7-2-10(13(5-16)19-7)9-4-11-8(3-12(9)15)6-18-14(11)17/h2-4,17H,6H2,1H3. The molecule has 94 valence electrons. The van der Waals surface area contributed by atoms with Crippen LogP contribution in [0.1, 0.15) is 17.1 Å². The molecule has 0 aliphatic carbocycles. The maximum absolute atomic E-state index is 9.72. The van der Waals surface area contributed by atoms with Crippen molar-refractivity contribution in [3.05, 3.63) is 40.3 Å². The van der Waals surface area contributed by atoms with E-state index in [1.165, 1.54) is 0 Å². The zero-order valence-electron chi connectivity index (χ0n) is 10.1. The van der Waals surface area contributed by atoms with E-state index in [2.05, 4.69) is 0 Å². The topological polar surface area (TPSA) is 66.4 Å². The lowest BCUT2D eigenvalue weighted by Crippen LogP contribution is -2.28. The van der Waals surface area contributed by atoms with Crippen LogP contribution >= 0.6 is 11.6 Å². The first-order valence-corrected chi connectivity index (χ1v) is 6.11. The second-order valence-corrected chi connectivity index (χ2v) is 4.81. The summed E-state index contributed by atoms with van der Waals surface area (Å²) in [6.45, 7) is 2.11. The van der Waals surface area contributed by atoms with Crippen LogP contribution in [0, 0.1) is 18.3 Å². The Bertz CT molecular complexity index is 705. The third-order valence-electron chi connectivity index (χ3n) is 3.14. The SMILES string of the molecule is Cc1cc(-c2cc3c(cc2Cl)COB3O)c(C#N)o1. The Morgan fingerprint density at radius 2 is 2.16 bits per heavy atom. The first-order valence-electron chi connectivity index (χ1n) is 5.73. The predicted molar refractivity (Wildman–Crippen MR) is 71.0 cm³/mol. The Kier molecular flexibility index (Phi) is 2.87. The van der Waals surface area contributed by atoms with E-state index in [-0.39, 0.29) is 5.76 Å². The van der Waals surface area contributed by atoms with Gasteiger partial charge in [0.2, 0.25) is 5.76 Å². The summed E-state index contributed by atoms with van der Waals surface area (Å²) >= 11 is 6.24. The highest BCUT2D eigenvalue weighted by molar-refractivity contribution is 6.61. The van der Waals surface area contributed by atoms with Gasteiger partial charge < -0.3 is 14.1 Å². The summed E-state index contributed by atoms with van der Waals surface area (Å²) in [7, 11) is -0.940. The number of hydrogen-bond acceptors (Lipinski definition) is 4. The molecule has 1 aliphatic rings. The zero-order chi connectivity index (χ0) is 13.6. The summed E-state index contributed by atoms with van der Waals surface area (Å²) in [5, 5.41) is 19.3. The Labute approximate surface area is 115 Å². The lowest BCUT2D eigenvalue weighted by Gasteiger charge is -2.06. The minimum atomic E-state index is -0.940. The van der Waals surface area contributed by atoms with Gasteiger partial charge in [-0.2, -0.15) is 5.26 Å². The molecule has 2 heterocycles. The molecule has 0 amide bonds. The third kappa shape index (κ3) is 1.94. The molecular formula is C13H9BClNO3. The number of nitriles is 1. The number of rotatable bonds is 1. The minimum Gasteiger partial charge on any atom is -0.450 e. The van der Waals surface area contributed by atoms with Crippen LogP contribution in [0.25, 0.3) is 11.1 Å². The summed E-state index contributed by atoms with van der Waals surface area (Å²) < 4.78 is 10.4. The van der Waals surface area contributed by atoms with Crippen molar-refractivity contribution in [2.75, 3.05) is 0 Å². The fourth-order valence-electron chi connectivity index (χ4n) is 2.25. The van der Waals surface area contributed by atoms with Gasteiger partial charge in [-0.25, -0.2) is 0 Å². The van der Waals surface area contributed by atoms with E-state index in [0.29, 0.717) is 34.0 Å². The fraction of sp³-hybridized carbons (Fsp3) is 0.154. The molecule has 0 saturated carbocycles. The highest BCUT2D eigenvalue weighted by atomic mass is 35.5. The average molecular weight is 273 g/mol. The molecule has 0 fully saturated rings. The van der Waals surface area contributed by atoms with E-state index >= 15 is 0 Å². The lowest BCUT2D eigenvalue weighted by molar-refractivity contribution is 0.275. The molecule has 0 saturated heterocycles. The molecule has 1 aromatic heterocycles. The summed E-state index contributed by atoms with van der Waals surface area (Å²) in [6.07, 6.45) is 0. The van der Waals surface area contributed by atoms with E-state index < -0.39 is 7.12 Å². The molecule has 19 heavy (non-hydrogen) atoms. The summed E-state index contributed by atoms with van der Waals surface area (Å²) in [5.74, 6) is 0.854. The summed E-state index contributed by atoms with van der Waals surface area (Å²) in [4.78, 5) is 0. The molecule has 4 nitrogen and oxygen atoms in total. The number of aryl methyl sites for hydroxylation is 1. The van der Waals surface area contributed by atoms with Crippen molar-refractivity contribution in [3.8, 4) is 17.2 Å². The Balaban J connectivity index is 2.21. The van der Waals surface area contributed by atoms with Crippen LogP contribution in [0.3, 0.4) is 0 Å². The van der Waals surface area contributed by atoms with Crippen LogP contribution in [0.2, 0.25) is 5.02 Å². The van der Waals surface area contributed by atoms with E-state index in [9.17, 15) is 5.02 Å². The number of benzene rings is 1. The Morgan fingerprint density at radius 3 is 2.89 bits per heavy atom. The molecule has 0 radical (unpaired) electrons. The molecule has 3 rings (SSSR count). The summed E-state index contributed by atoms with van der Waals surface area (Å²) in [6, 6.07) is 7.27. The maximum Gasteiger partial charge on any atom is 0.491 e. The normalized spacial score (nSPS) is 13.5. The van der Waals surface area contributed by atoms with Crippen LogP contribution in [0.5, 0.6) is 0 Å². The first-order chi connectivity index (χ1) is 9.10. The van der Waals surface area contributed by atoms with Crippen molar-refractivity contribution < 1.29 is 14.1 Å². The predicted octanol–water partition coefficient (Wildman–Crippen LogP) is 2.00. The van der Waals surface area contributed by atoms with Crippen molar-refractivity contribution in [2.45, 2.75) is 13.5 Å². The van der Waals surface area contributed by atoms with E-state index in [0.717, 1.165) is 5.56 Å². The van der Waals surface area contributed by atoms with Gasteiger partial charge in [-0.1, -0.05) is 17.7 Å². The van der Waals surface area contributed by atoms with Crippen LogP contribution in [0.4, 0.5) is 0 Å². The smallest absolute Gasteiger partial charge is 0.450 e. The molecular weight excluding hydrogens is 264 g/mol. The van der Waals surface area contributed by atoms with Gasteiger partial charge in [-0.05, 0) is 30.1 Å². The van der Waals surface area contributed by atoms with Gasteiger partial charge in [-0.3, -0.25) is 0 Å². The van der Waals surface area contributed by atoms with Crippen molar-refractivity contribution >= 4 is 24.2 Å². The second kappa shape index (κ2) is 4.43. The number of halogens is 1. The molecule has 6 heteroatoms. The molecule has 2 aromatic rings. The lowest BCUT2D eigenvalue weighted by atomic mass is 9.78. The van der Waals surface area contributed by atoms with Gasteiger partial charge in [0.25, 0.3) is 0 Å². The molecule has 0 atom stereocenters. The Morgan fingerprint density at radius 1 is 1.37 bits per heavy atom. The summed E-state index contributed by atoms with van der Waals surface area (Å²) in [5.41, 5.74) is 2.84. The van der Waals surface area contributed by atoms with Crippen LogP contribution in [-0.2, 0) is 11.3 Å². The second-order valence-electron chi connectivity index (χ2n) is 4.41. The van der Waals surface area contributed by atoms with Gasteiger partial charge in [0.15, 0.2) is 0 Å². The Hall–Kier alpha value is -1.74. The van der Waals surface area contributed by atoms with Crippen molar-refractivity contribution in [1.82, 2.24) is 0 Å². The minimum absolute atomic E-state index is 0.216. The quantitative estimate of drug-likeness (QED) is 0.807. The highest BCUT2D eigenvalue weighted by Gasteiger charge is 2.29. The van der Waals surface area contributed by atoms with E-state index in [4.69, 9.17) is 25.9 Å². The number of furan rings is 1. The van der Waals surface area contributed by atoms with Crippen molar-refractivity contribution in [2.24, 2.45) is 0 Å². The third-order valence-corrected chi connectivity index (χ3v) is 3.45. The van der Waals surface area contributed by atoms with Gasteiger partial charge in [0, 0.05) is 16.1 Å². The zero-order valence-corrected chi connectivity index (χ0v) is 10.9. The molecule has 1 aliphatic heterocycles. The first kappa shape index (κ1) is 12.3. The number of hydrogen-bond donors (Lipinski definition) is 1. The molecule has 0 spiro atoms. The fourth-order valence-corrected chi connectivity index (χ4v) is 2.54. The number of fused-ring (bicyclic) bond motifs is 1. The van der Waals surface area contributed by atoms with E-state index in [1.54, 1.807) is 25.1 Å². The van der Waals surface area contributed by atoms with Crippen molar-refractivity contribution in [3.63, 3.8) is 0 Å². The largest absolute Gasteiger partial charge is 0.491 e. The van der Waals surface area contributed by atoms with Crippen LogP contribution in [-0.4, -0.2) is 12.1 Å². The van der Waals surface area contributed by atoms with Gasteiger partial charge in [0.1, 0.15) is 11.8 Å². The monoisotopic (exact) mass is 273 g/mol. The number of nitrogens with zero attached hydrogens (tertiary/aromatic N) is 1. The van der Waals surface area contributed by atoms with Crippen LogP contribution < -0.4 is 5.46 Å². The van der Waals surface area contributed by atoms with Crippen LogP contribution in [0.15, 0.2) is 22.6 Å². The molecule has 0 unspecified atom stereocenters. The average Bonchev–Trinajstić information content (AvgIpc) is 2.92. The van der Waals surface area contributed by atoms with Gasteiger partial charge in [0.05, 0.1) is 6.61 Å². The maximum atomic E-state index is 9.72. The van der Waals surface area contributed by atoms with E-state index in [1.807, 2.05) is 6.07 Å². The molecule has 1 aromatic carbocycles. The molecule has 1 N–H and O–H groups in total. The highest BCUT2D eigenvalue weighted by Crippen LogP contribution is 2.33. The van der Waals surface area contributed by atoms with Gasteiger partial charge in [-0.15, -0.1) is 0 Å².